The monoisotopic (exact) mass is 401 g/mol. The van der Waals surface area contributed by atoms with Crippen LogP contribution in [-0.4, -0.2) is 67.0 Å². The summed E-state index contributed by atoms with van der Waals surface area (Å²) in [6.45, 7) is 12.4. The van der Waals surface area contributed by atoms with Gasteiger partial charge in [-0.1, -0.05) is 44.2 Å². The number of aliphatic imine (C=N–C) groups is 1. The second-order valence-electron chi connectivity index (χ2n) is 8.37. The van der Waals surface area contributed by atoms with Crippen LogP contribution in [0.4, 0.5) is 0 Å². The maximum Gasteiger partial charge on any atom is 0.225 e. The average molecular weight is 402 g/mol. The van der Waals surface area contributed by atoms with Crippen LogP contribution in [0.5, 0.6) is 0 Å². The van der Waals surface area contributed by atoms with E-state index in [9.17, 15) is 4.79 Å². The standard InChI is InChI=1S/C23H39N5O/c1-6-24-23(26-21-12-14-28(15-13-21)22(29)18(2)3)25-16-19(4)27(5)17-20-10-8-7-9-11-20/h7-11,18-19,21H,6,12-17H2,1-5H3,(H2,24,25,26). The second kappa shape index (κ2) is 11.8. The van der Waals surface area contributed by atoms with Gasteiger partial charge in [0.2, 0.25) is 5.91 Å². The molecule has 1 atom stereocenters. The fourth-order valence-electron chi connectivity index (χ4n) is 3.51. The highest BCUT2D eigenvalue weighted by Gasteiger charge is 2.24. The third-order valence-corrected chi connectivity index (χ3v) is 5.53. The van der Waals surface area contributed by atoms with Crippen molar-refractivity contribution < 1.29 is 4.79 Å². The Morgan fingerprint density at radius 1 is 1.21 bits per heavy atom. The molecule has 0 bridgehead atoms. The van der Waals surface area contributed by atoms with Crippen molar-refractivity contribution in [3.05, 3.63) is 35.9 Å². The van der Waals surface area contributed by atoms with Gasteiger partial charge >= 0.3 is 0 Å². The average Bonchev–Trinajstić information content (AvgIpc) is 2.72. The van der Waals surface area contributed by atoms with Crippen molar-refractivity contribution in [1.82, 2.24) is 20.4 Å². The number of hydrogen-bond acceptors (Lipinski definition) is 3. The van der Waals surface area contributed by atoms with Crippen molar-refractivity contribution in [2.45, 2.75) is 59.2 Å². The summed E-state index contributed by atoms with van der Waals surface area (Å²) < 4.78 is 0. The lowest BCUT2D eigenvalue weighted by atomic mass is 10.0. The number of amides is 1. The number of benzene rings is 1. The van der Waals surface area contributed by atoms with E-state index in [1.165, 1.54) is 5.56 Å². The van der Waals surface area contributed by atoms with Crippen molar-refractivity contribution in [1.29, 1.82) is 0 Å². The molecule has 1 aliphatic rings. The summed E-state index contributed by atoms with van der Waals surface area (Å²) in [5, 5.41) is 6.94. The van der Waals surface area contributed by atoms with Crippen molar-refractivity contribution in [2.75, 3.05) is 33.2 Å². The summed E-state index contributed by atoms with van der Waals surface area (Å²) in [6.07, 6.45) is 1.93. The number of piperidine rings is 1. The summed E-state index contributed by atoms with van der Waals surface area (Å²) in [5.74, 6) is 1.22. The number of nitrogens with one attached hydrogen (secondary N) is 2. The Kier molecular flexibility index (Phi) is 9.45. The fourth-order valence-corrected chi connectivity index (χ4v) is 3.51. The molecule has 162 valence electrons. The third-order valence-electron chi connectivity index (χ3n) is 5.53. The first-order valence-corrected chi connectivity index (χ1v) is 11.0. The molecule has 1 unspecified atom stereocenters. The highest BCUT2D eigenvalue weighted by Crippen LogP contribution is 2.13. The number of likely N-dealkylation sites (tertiary alicyclic amines) is 1. The van der Waals surface area contributed by atoms with E-state index in [1.54, 1.807) is 0 Å². The smallest absolute Gasteiger partial charge is 0.225 e. The Morgan fingerprint density at radius 3 is 2.45 bits per heavy atom. The minimum absolute atomic E-state index is 0.0766. The topological polar surface area (TPSA) is 60.0 Å². The SMILES string of the molecule is CCNC(=NCC(C)N(C)Cc1ccccc1)NC1CCN(C(=O)C(C)C)CC1. The Bertz CT molecular complexity index is 638. The van der Waals surface area contributed by atoms with Gasteiger partial charge in [0.1, 0.15) is 0 Å². The van der Waals surface area contributed by atoms with E-state index in [-0.39, 0.29) is 11.8 Å². The molecule has 6 heteroatoms. The van der Waals surface area contributed by atoms with E-state index in [1.807, 2.05) is 18.7 Å². The van der Waals surface area contributed by atoms with E-state index in [0.717, 1.165) is 51.5 Å². The van der Waals surface area contributed by atoms with Gasteiger partial charge < -0.3 is 15.5 Å². The molecular formula is C23H39N5O. The Morgan fingerprint density at radius 2 is 1.86 bits per heavy atom. The Labute approximate surface area is 176 Å². The zero-order chi connectivity index (χ0) is 21.2. The van der Waals surface area contributed by atoms with Gasteiger partial charge in [0, 0.05) is 44.2 Å². The molecule has 1 heterocycles. The number of carbonyl (C=O) groups excluding carboxylic acids is 1. The molecule has 29 heavy (non-hydrogen) atoms. The third kappa shape index (κ3) is 7.69. The first kappa shape index (κ1) is 23.2. The molecule has 1 saturated heterocycles. The fraction of sp³-hybridized carbons (Fsp3) is 0.652. The molecule has 1 aliphatic heterocycles. The normalized spacial score (nSPS) is 16.9. The van der Waals surface area contributed by atoms with Crippen molar-refractivity contribution in [3.8, 4) is 0 Å². The molecule has 6 nitrogen and oxygen atoms in total. The number of carbonyl (C=O) groups is 1. The summed E-state index contributed by atoms with van der Waals surface area (Å²) in [7, 11) is 2.15. The van der Waals surface area contributed by atoms with Crippen LogP contribution in [-0.2, 0) is 11.3 Å². The molecule has 0 saturated carbocycles. The van der Waals surface area contributed by atoms with Gasteiger partial charge in [-0.25, -0.2) is 0 Å². The number of rotatable bonds is 8. The van der Waals surface area contributed by atoms with Gasteiger partial charge in [-0.2, -0.15) is 0 Å². The Balaban J connectivity index is 1.83. The second-order valence-corrected chi connectivity index (χ2v) is 8.37. The lowest BCUT2D eigenvalue weighted by Crippen LogP contribution is -2.50. The Hall–Kier alpha value is -2.08. The lowest BCUT2D eigenvalue weighted by Gasteiger charge is -2.34. The lowest BCUT2D eigenvalue weighted by molar-refractivity contribution is -0.135. The van der Waals surface area contributed by atoms with Gasteiger partial charge in [-0.15, -0.1) is 0 Å². The van der Waals surface area contributed by atoms with Crippen molar-refractivity contribution >= 4 is 11.9 Å². The summed E-state index contributed by atoms with van der Waals surface area (Å²) in [4.78, 5) is 21.3. The molecule has 1 aromatic carbocycles. The van der Waals surface area contributed by atoms with E-state index in [0.29, 0.717) is 12.1 Å². The van der Waals surface area contributed by atoms with E-state index >= 15 is 0 Å². The molecule has 1 amide bonds. The van der Waals surface area contributed by atoms with Crippen LogP contribution >= 0.6 is 0 Å². The van der Waals surface area contributed by atoms with Crippen LogP contribution in [0.3, 0.4) is 0 Å². The van der Waals surface area contributed by atoms with Crippen LogP contribution in [0.25, 0.3) is 0 Å². The zero-order valence-corrected chi connectivity index (χ0v) is 18.8. The molecule has 2 rings (SSSR count). The van der Waals surface area contributed by atoms with Crippen LogP contribution in [0.15, 0.2) is 35.3 Å². The molecule has 0 aromatic heterocycles. The molecule has 0 spiro atoms. The van der Waals surface area contributed by atoms with Crippen molar-refractivity contribution in [2.24, 2.45) is 10.9 Å². The molecule has 1 fully saturated rings. The summed E-state index contributed by atoms with van der Waals surface area (Å²) in [5.41, 5.74) is 1.32. The first-order chi connectivity index (χ1) is 13.9. The van der Waals surface area contributed by atoms with E-state index < -0.39 is 0 Å². The molecule has 1 aromatic rings. The van der Waals surface area contributed by atoms with Crippen LogP contribution < -0.4 is 10.6 Å². The maximum atomic E-state index is 12.2. The predicted molar refractivity (Wildman–Crippen MR) is 121 cm³/mol. The molecule has 2 N–H and O–H groups in total. The first-order valence-electron chi connectivity index (χ1n) is 11.0. The number of nitrogens with zero attached hydrogens (tertiary/aromatic N) is 3. The predicted octanol–water partition coefficient (Wildman–Crippen LogP) is 2.71. The largest absolute Gasteiger partial charge is 0.357 e. The zero-order valence-electron chi connectivity index (χ0n) is 18.8. The highest BCUT2D eigenvalue weighted by atomic mass is 16.2. The summed E-state index contributed by atoms with van der Waals surface area (Å²) in [6, 6.07) is 11.2. The van der Waals surface area contributed by atoms with Gasteiger partial charge in [0.25, 0.3) is 0 Å². The number of guanidine groups is 1. The highest BCUT2D eigenvalue weighted by molar-refractivity contribution is 5.80. The van der Waals surface area contributed by atoms with Gasteiger partial charge in [0.15, 0.2) is 5.96 Å². The number of hydrogen-bond donors (Lipinski definition) is 2. The minimum atomic E-state index is 0.0766. The molecule has 0 aliphatic carbocycles. The van der Waals surface area contributed by atoms with E-state index in [4.69, 9.17) is 4.99 Å². The molecular weight excluding hydrogens is 362 g/mol. The number of likely N-dealkylation sites (N-methyl/N-ethyl adjacent to an activating group) is 1. The minimum Gasteiger partial charge on any atom is -0.357 e. The van der Waals surface area contributed by atoms with Crippen molar-refractivity contribution in [3.63, 3.8) is 0 Å². The molecule has 0 radical (unpaired) electrons. The maximum absolute atomic E-state index is 12.2. The van der Waals surface area contributed by atoms with Crippen LogP contribution in [0.2, 0.25) is 0 Å². The van der Waals surface area contributed by atoms with Gasteiger partial charge in [-0.05, 0) is 39.3 Å². The quantitative estimate of drug-likeness (QED) is 0.519. The van der Waals surface area contributed by atoms with E-state index in [2.05, 4.69) is 66.8 Å². The summed E-state index contributed by atoms with van der Waals surface area (Å²) >= 11 is 0. The van der Waals surface area contributed by atoms with Crippen LogP contribution in [0, 0.1) is 5.92 Å². The van der Waals surface area contributed by atoms with Gasteiger partial charge in [-0.3, -0.25) is 14.7 Å². The van der Waals surface area contributed by atoms with Crippen LogP contribution in [0.1, 0.15) is 46.1 Å². The van der Waals surface area contributed by atoms with Gasteiger partial charge in [0.05, 0.1) is 6.54 Å².